The van der Waals surface area contributed by atoms with Gasteiger partial charge in [0.25, 0.3) is 0 Å². The van der Waals surface area contributed by atoms with Gasteiger partial charge in [-0.3, -0.25) is 0 Å². The smallest absolute Gasteiger partial charge is 0.0912 e. The Morgan fingerprint density at radius 3 is 2.44 bits per heavy atom. The van der Waals surface area contributed by atoms with Gasteiger partial charge in [0.1, 0.15) is 0 Å². The van der Waals surface area contributed by atoms with E-state index in [-0.39, 0.29) is 0 Å². The molecule has 86 valence electrons. The van der Waals surface area contributed by atoms with Crippen LogP contribution >= 0.6 is 11.6 Å². The average Bonchev–Trinajstić information content (AvgIpc) is 2.55. The fourth-order valence-corrected chi connectivity index (χ4v) is 2.28. The molecule has 1 aromatic carbocycles. The molecule has 0 aliphatic heterocycles. The van der Waals surface area contributed by atoms with E-state index < -0.39 is 6.10 Å². The number of aliphatic hydroxyl groups excluding tert-OH is 1. The molecule has 1 N–H and O–H groups in total. The predicted octanol–water partition coefficient (Wildman–Crippen LogP) is 3.93. The van der Waals surface area contributed by atoms with Crippen LogP contribution in [0.1, 0.15) is 38.6 Å². The van der Waals surface area contributed by atoms with Gasteiger partial charge in [-0.1, -0.05) is 17.7 Å². The molecule has 1 atom stereocenters. The van der Waals surface area contributed by atoms with Gasteiger partial charge in [-0.05, 0) is 39.0 Å². The minimum atomic E-state index is -0.464. The SMILES string of the molecule is CC(O)c1cc2ccc(Cl)cc2n1C(C)C. The van der Waals surface area contributed by atoms with E-state index in [1.165, 1.54) is 0 Å². The van der Waals surface area contributed by atoms with E-state index in [9.17, 15) is 5.11 Å². The van der Waals surface area contributed by atoms with E-state index in [0.717, 1.165) is 21.6 Å². The highest BCUT2D eigenvalue weighted by Gasteiger charge is 2.14. The number of hydrogen-bond acceptors (Lipinski definition) is 1. The standard InChI is InChI=1S/C13H16ClNO/c1-8(2)15-12(9(3)16)6-10-4-5-11(14)7-13(10)15/h4-9,16H,1-3H3. The molecule has 16 heavy (non-hydrogen) atoms. The van der Waals surface area contributed by atoms with Crippen LogP contribution in [-0.4, -0.2) is 9.67 Å². The second-order valence-electron chi connectivity index (χ2n) is 4.41. The predicted molar refractivity (Wildman–Crippen MR) is 68.0 cm³/mol. The van der Waals surface area contributed by atoms with Crippen LogP contribution in [0.4, 0.5) is 0 Å². The fourth-order valence-electron chi connectivity index (χ4n) is 2.11. The zero-order valence-corrected chi connectivity index (χ0v) is 10.5. The Hall–Kier alpha value is -0.990. The second-order valence-corrected chi connectivity index (χ2v) is 4.85. The summed E-state index contributed by atoms with van der Waals surface area (Å²) in [5, 5.41) is 11.6. The first-order chi connectivity index (χ1) is 7.50. The van der Waals surface area contributed by atoms with Crippen LogP contribution in [0.25, 0.3) is 10.9 Å². The summed E-state index contributed by atoms with van der Waals surface area (Å²) in [6, 6.07) is 8.14. The summed E-state index contributed by atoms with van der Waals surface area (Å²) in [5.74, 6) is 0. The first-order valence-electron chi connectivity index (χ1n) is 5.49. The summed E-state index contributed by atoms with van der Waals surface area (Å²) in [4.78, 5) is 0. The molecule has 2 nitrogen and oxygen atoms in total. The summed E-state index contributed by atoms with van der Waals surface area (Å²) in [6.07, 6.45) is -0.464. The number of aliphatic hydroxyl groups is 1. The topological polar surface area (TPSA) is 25.2 Å². The van der Waals surface area contributed by atoms with Crippen LogP contribution in [0.3, 0.4) is 0 Å². The van der Waals surface area contributed by atoms with Crippen molar-refractivity contribution in [2.24, 2.45) is 0 Å². The van der Waals surface area contributed by atoms with Crippen molar-refractivity contribution in [1.29, 1.82) is 0 Å². The molecule has 1 heterocycles. The maximum atomic E-state index is 9.77. The molecule has 3 heteroatoms. The van der Waals surface area contributed by atoms with Crippen molar-refractivity contribution in [2.75, 3.05) is 0 Å². The Labute approximate surface area is 100 Å². The van der Waals surface area contributed by atoms with Crippen molar-refractivity contribution in [3.63, 3.8) is 0 Å². The molecule has 2 rings (SSSR count). The maximum Gasteiger partial charge on any atom is 0.0912 e. The zero-order valence-electron chi connectivity index (χ0n) is 9.74. The minimum absolute atomic E-state index is 0.306. The summed E-state index contributed by atoms with van der Waals surface area (Å²) in [6.45, 7) is 5.99. The Kier molecular flexibility index (Phi) is 2.96. The first kappa shape index (κ1) is 11.5. The second kappa shape index (κ2) is 4.11. The van der Waals surface area contributed by atoms with Gasteiger partial charge >= 0.3 is 0 Å². The lowest BCUT2D eigenvalue weighted by Crippen LogP contribution is -2.07. The number of hydrogen-bond donors (Lipinski definition) is 1. The lowest BCUT2D eigenvalue weighted by Gasteiger charge is -2.16. The van der Waals surface area contributed by atoms with Gasteiger partial charge in [0.15, 0.2) is 0 Å². The van der Waals surface area contributed by atoms with E-state index in [2.05, 4.69) is 18.4 Å². The maximum absolute atomic E-state index is 9.77. The van der Waals surface area contributed by atoms with Crippen LogP contribution in [0.5, 0.6) is 0 Å². The van der Waals surface area contributed by atoms with Crippen LogP contribution in [0.15, 0.2) is 24.3 Å². The molecular weight excluding hydrogens is 222 g/mol. The monoisotopic (exact) mass is 237 g/mol. The quantitative estimate of drug-likeness (QED) is 0.841. The average molecular weight is 238 g/mol. The Morgan fingerprint density at radius 2 is 1.88 bits per heavy atom. The first-order valence-corrected chi connectivity index (χ1v) is 5.87. The summed E-state index contributed by atoms with van der Waals surface area (Å²) in [7, 11) is 0. The summed E-state index contributed by atoms with van der Waals surface area (Å²) >= 11 is 6.01. The van der Waals surface area contributed by atoms with Gasteiger partial charge in [0.05, 0.1) is 11.6 Å². The molecule has 0 fully saturated rings. The van der Waals surface area contributed by atoms with Crippen molar-refractivity contribution in [2.45, 2.75) is 32.9 Å². The van der Waals surface area contributed by atoms with E-state index in [4.69, 9.17) is 11.6 Å². The molecule has 0 bridgehead atoms. The van der Waals surface area contributed by atoms with E-state index in [1.54, 1.807) is 6.92 Å². The Balaban J connectivity index is 2.77. The largest absolute Gasteiger partial charge is 0.387 e. The molecule has 0 saturated carbocycles. The van der Waals surface area contributed by atoms with Gasteiger partial charge in [0.2, 0.25) is 0 Å². The lowest BCUT2D eigenvalue weighted by atomic mass is 10.2. The molecule has 1 unspecified atom stereocenters. The molecule has 0 spiro atoms. The van der Waals surface area contributed by atoms with Gasteiger partial charge in [-0.25, -0.2) is 0 Å². The third-order valence-corrected chi connectivity index (χ3v) is 3.01. The summed E-state index contributed by atoms with van der Waals surface area (Å²) in [5.41, 5.74) is 2.02. The number of benzene rings is 1. The molecule has 0 amide bonds. The van der Waals surface area contributed by atoms with Gasteiger partial charge in [-0.15, -0.1) is 0 Å². The highest BCUT2D eigenvalue weighted by Crippen LogP contribution is 2.29. The Morgan fingerprint density at radius 1 is 1.19 bits per heavy atom. The molecule has 0 saturated heterocycles. The fraction of sp³-hybridized carbons (Fsp3) is 0.385. The third kappa shape index (κ3) is 1.83. The molecule has 1 aromatic heterocycles. The van der Waals surface area contributed by atoms with Gasteiger partial charge < -0.3 is 9.67 Å². The zero-order chi connectivity index (χ0) is 11.9. The van der Waals surface area contributed by atoms with Crippen LogP contribution in [0, 0.1) is 0 Å². The number of nitrogens with zero attached hydrogens (tertiary/aromatic N) is 1. The van der Waals surface area contributed by atoms with E-state index in [1.807, 2.05) is 24.3 Å². The number of rotatable bonds is 2. The highest BCUT2D eigenvalue weighted by molar-refractivity contribution is 6.31. The highest BCUT2D eigenvalue weighted by atomic mass is 35.5. The number of halogens is 1. The number of aromatic nitrogens is 1. The number of fused-ring (bicyclic) bond motifs is 1. The third-order valence-electron chi connectivity index (χ3n) is 2.78. The lowest BCUT2D eigenvalue weighted by molar-refractivity contribution is 0.188. The molecule has 0 aliphatic rings. The van der Waals surface area contributed by atoms with Crippen LogP contribution in [-0.2, 0) is 0 Å². The van der Waals surface area contributed by atoms with Crippen molar-refractivity contribution < 1.29 is 5.11 Å². The Bertz CT molecular complexity index is 514. The van der Waals surface area contributed by atoms with Crippen LogP contribution in [0.2, 0.25) is 5.02 Å². The van der Waals surface area contributed by atoms with Gasteiger partial charge in [0, 0.05) is 22.1 Å². The molecule has 2 aromatic rings. The van der Waals surface area contributed by atoms with E-state index in [0.29, 0.717) is 6.04 Å². The van der Waals surface area contributed by atoms with Crippen molar-refractivity contribution in [3.8, 4) is 0 Å². The minimum Gasteiger partial charge on any atom is -0.387 e. The van der Waals surface area contributed by atoms with E-state index >= 15 is 0 Å². The van der Waals surface area contributed by atoms with Gasteiger partial charge in [-0.2, -0.15) is 0 Å². The van der Waals surface area contributed by atoms with Crippen LogP contribution < -0.4 is 0 Å². The van der Waals surface area contributed by atoms with Crippen molar-refractivity contribution in [3.05, 3.63) is 35.0 Å². The normalized spacial score (nSPS) is 13.6. The summed E-state index contributed by atoms with van der Waals surface area (Å²) < 4.78 is 2.13. The molecule has 0 radical (unpaired) electrons. The van der Waals surface area contributed by atoms with Crippen molar-refractivity contribution in [1.82, 2.24) is 4.57 Å². The van der Waals surface area contributed by atoms with Crippen molar-refractivity contribution >= 4 is 22.5 Å². The molecule has 0 aliphatic carbocycles. The molecular formula is C13H16ClNO.